The molecule has 0 aromatic heterocycles. The molecule has 0 bridgehead atoms. The third-order valence-electron chi connectivity index (χ3n) is 7.76. The Morgan fingerprint density at radius 1 is 0.204 bits per heavy atom. The maximum atomic E-state index is 15.1. The summed E-state index contributed by atoms with van der Waals surface area (Å²) in [6.07, 6.45) is -37.2. The lowest BCUT2D eigenvalue weighted by Gasteiger charge is -2.63. The SMILES string of the molecule is FC(F)(F)C1(C(F)(F)F)C(F)(F)C(F)(F)C(F)(C(F)(F)C2(F)C(F)(F)C(F)(F)C(C(F)(F)F)(C(F)(F)F)C(F)(F)C2(F)F)C(F)(F)C1(F)F. The molecule has 0 heterocycles. The van der Waals surface area contributed by atoms with E-state index in [-0.39, 0.29) is 0 Å². The van der Waals surface area contributed by atoms with Gasteiger partial charge in [0.25, 0.3) is 10.8 Å². The van der Waals surface area contributed by atoms with Crippen LogP contribution in [0.3, 0.4) is 0 Å². The average Bonchev–Trinajstić information content (AvgIpc) is 2.76. The van der Waals surface area contributed by atoms with E-state index in [1.807, 2.05) is 0 Å². The molecule has 0 aromatic rings. The highest BCUT2D eigenvalue weighted by Gasteiger charge is 3.17. The van der Waals surface area contributed by atoms with Gasteiger partial charge in [-0.25, -0.2) is 8.78 Å². The zero-order valence-electron chi connectivity index (χ0n) is 20.6. The van der Waals surface area contributed by atoms with E-state index < -0.39 is 100 Å². The zero-order chi connectivity index (χ0) is 40.5. The van der Waals surface area contributed by atoms with Crippen molar-refractivity contribution in [3.63, 3.8) is 0 Å². The molecule has 0 amide bonds. The zero-order valence-corrected chi connectivity index (χ0v) is 20.6. The number of hydrogen-bond donors (Lipinski definition) is 0. The first-order chi connectivity index (χ1) is 20.5. The monoisotopic (exact) mass is 812 g/mol. The molecule has 0 saturated heterocycles. The number of rotatable bonds is 2. The Hall–Kier alpha value is -2.24. The van der Waals surface area contributed by atoms with Crippen molar-refractivity contribution in [2.24, 2.45) is 10.8 Å². The molecule has 292 valence electrons. The van der Waals surface area contributed by atoms with Crippen molar-refractivity contribution in [1.29, 1.82) is 0 Å². The highest BCUT2D eigenvalue weighted by atomic mass is 19.4. The second kappa shape index (κ2) is 9.21. The van der Waals surface area contributed by atoms with Gasteiger partial charge in [-0.05, 0) is 0 Å². The van der Waals surface area contributed by atoms with E-state index >= 15 is 8.78 Å². The fourth-order valence-electron chi connectivity index (χ4n) is 5.37. The molecule has 0 radical (unpaired) electrons. The Bertz CT molecular complexity index is 1140. The second-order valence-electron chi connectivity index (χ2n) is 9.98. The molecule has 2 saturated carbocycles. The van der Waals surface area contributed by atoms with E-state index in [1.165, 1.54) is 0 Å². The molecule has 2 rings (SSSR count). The van der Waals surface area contributed by atoms with Gasteiger partial charge in [0.15, 0.2) is 0 Å². The van der Waals surface area contributed by atoms with Crippen LogP contribution in [0.5, 0.6) is 0 Å². The van der Waals surface area contributed by atoms with Crippen molar-refractivity contribution in [1.82, 2.24) is 0 Å². The molecule has 2 aliphatic rings. The molecule has 0 spiro atoms. The highest BCUT2D eigenvalue weighted by molar-refractivity contribution is 5.41. The summed E-state index contributed by atoms with van der Waals surface area (Å²) in [5, 5.41) is 0. The van der Waals surface area contributed by atoms with Crippen LogP contribution in [-0.2, 0) is 0 Å². The summed E-state index contributed by atoms with van der Waals surface area (Å²) in [6.45, 7) is 0. The van der Waals surface area contributed by atoms with Crippen LogP contribution in [0.15, 0.2) is 0 Å². The molecule has 0 aromatic carbocycles. The maximum Gasteiger partial charge on any atom is 0.415 e. The van der Waals surface area contributed by atoms with E-state index in [4.69, 9.17) is 0 Å². The summed E-state index contributed by atoms with van der Waals surface area (Å²) in [5.41, 5.74) is -40.9. The number of halogens is 32. The second-order valence-corrected chi connectivity index (χ2v) is 9.98. The van der Waals surface area contributed by atoms with Crippen molar-refractivity contribution < 1.29 is 140 Å². The molecular formula is C17F32. The largest absolute Gasteiger partial charge is 0.415 e. The first-order valence-electron chi connectivity index (χ1n) is 10.5. The molecule has 0 atom stereocenters. The molecule has 32 heteroatoms. The van der Waals surface area contributed by atoms with Gasteiger partial charge in [-0.3, -0.25) is 0 Å². The van der Waals surface area contributed by atoms with Crippen molar-refractivity contribution in [2.75, 3.05) is 0 Å². The molecule has 0 nitrogen and oxygen atoms in total. The van der Waals surface area contributed by atoms with Crippen molar-refractivity contribution >= 4 is 0 Å². The first-order valence-corrected chi connectivity index (χ1v) is 10.5. The van der Waals surface area contributed by atoms with Gasteiger partial charge in [0.05, 0.1) is 0 Å². The van der Waals surface area contributed by atoms with Crippen molar-refractivity contribution in [2.45, 2.75) is 89.3 Å². The summed E-state index contributed by atoms with van der Waals surface area (Å²) in [7, 11) is 0. The van der Waals surface area contributed by atoms with Crippen molar-refractivity contribution in [3.8, 4) is 0 Å². The van der Waals surface area contributed by atoms with Gasteiger partial charge in [-0.2, -0.15) is 132 Å². The summed E-state index contributed by atoms with van der Waals surface area (Å²) in [4.78, 5) is 0. The third kappa shape index (κ3) is 3.43. The topological polar surface area (TPSA) is 0 Å². The van der Waals surface area contributed by atoms with Crippen LogP contribution in [0.2, 0.25) is 0 Å². The van der Waals surface area contributed by atoms with Crippen LogP contribution >= 0.6 is 0 Å². The van der Waals surface area contributed by atoms with Crippen LogP contribution in [0.4, 0.5) is 140 Å². The third-order valence-corrected chi connectivity index (χ3v) is 7.76. The fraction of sp³-hybridized carbons (Fsp3) is 1.00. The molecule has 0 aliphatic heterocycles. The van der Waals surface area contributed by atoms with Gasteiger partial charge >= 0.3 is 89.3 Å². The number of alkyl halides is 32. The Morgan fingerprint density at radius 3 is 0.429 bits per heavy atom. The molecule has 0 unspecified atom stereocenters. The van der Waals surface area contributed by atoms with Gasteiger partial charge in [-0.1, -0.05) is 0 Å². The van der Waals surface area contributed by atoms with Gasteiger partial charge in [0, 0.05) is 0 Å². The lowest BCUT2D eigenvalue weighted by molar-refractivity contribution is -0.584. The molecular weight excluding hydrogens is 812 g/mol. The van der Waals surface area contributed by atoms with Gasteiger partial charge < -0.3 is 0 Å². The van der Waals surface area contributed by atoms with Crippen LogP contribution < -0.4 is 0 Å². The minimum Gasteiger partial charge on any atom is -0.223 e. The molecule has 49 heavy (non-hydrogen) atoms. The Labute approximate surface area is 242 Å². The Morgan fingerprint density at radius 2 is 0.327 bits per heavy atom. The van der Waals surface area contributed by atoms with Gasteiger partial charge in [0.2, 0.25) is 0 Å². The van der Waals surface area contributed by atoms with E-state index in [1.54, 1.807) is 0 Å². The quantitative estimate of drug-likeness (QED) is 0.244. The Kier molecular flexibility index (Phi) is 8.07. The summed E-state index contributed by atoms with van der Waals surface area (Å²) in [6, 6.07) is 0. The van der Waals surface area contributed by atoms with E-state index in [0.29, 0.717) is 0 Å². The lowest BCUT2D eigenvalue weighted by atomic mass is 9.51. The summed E-state index contributed by atoms with van der Waals surface area (Å²) in [5.74, 6) is -92.3. The fourth-order valence-corrected chi connectivity index (χ4v) is 5.37. The lowest BCUT2D eigenvalue weighted by Crippen LogP contribution is -2.97. The predicted molar refractivity (Wildman–Crippen MR) is 81.3 cm³/mol. The van der Waals surface area contributed by atoms with Gasteiger partial charge in [-0.15, -0.1) is 0 Å². The van der Waals surface area contributed by atoms with Crippen LogP contribution in [0, 0.1) is 10.8 Å². The summed E-state index contributed by atoms with van der Waals surface area (Å²) < 4.78 is 448. The smallest absolute Gasteiger partial charge is 0.223 e. The van der Waals surface area contributed by atoms with E-state index in [0.717, 1.165) is 0 Å². The van der Waals surface area contributed by atoms with Crippen molar-refractivity contribution in [3.05, 3.63) is 0 Å². The minimum atomic E-state index is -10.8. The highest BCUT2D eigenvalue weighted by Crippen LogP contribution is 2.85. The van der Waals surface area contributed by atoms with Crippen LogP contribution in [0.25, 0.3) is 0 Å². The van der Waals surface area contributed by atoms with Crippen LogP contribution in [0.1, 0.15) is 0 Å². The molecule has 2 aliphatic carbocycles. The van der Waals surface area contributed by atoms with E-state index in [9.17, 15) is 132 Å². The minimum absolute atomic E-state index is 9.30. The average molecular weight is 812 g/mol. The van der Waals surface area contributed by atoms with Gasteiger partial charge in [0.1, 0.15) is 0 Å². The molecule has 2 fully saturated rings. The van der Waals surface area contributed by atoms with E-state index in [2.05, 4.69) is 0 Å². The molecule has 0 N–H and O–H groups in total. The van der Waals surface area contributed by atoms with Crippen LogP contribution in [-0.4, -0.2) is 89.3 Å². The standard InChI is InChI=1S/C17F32/c18-3(10(30,31)5(20,21)1(14(38,39)40,15(41,42)43)6(22,23)11(3,32)33)9(28,29)4(19)12(34,35)7(24,25)2(16(44,45)46,17(47,48)49)8(26,27)13(4,36)37. The number of hydrogen-bond acceptors (Lipinski definition) is 0. The first kappa shape index (κ1) is 42.9. The Balaban J connectivity index is 3.46. The predicted octanol–water partition coefficient (Wildman–Crippen LogP) is 10.4. The summed E-state index contributed by atoms with van der Waals surface area (Å²) >= 11 is 0. The maximum absolute atomic E-state index is 15.1. The normalized spacial score (nSPS) is 30.4.